The van der Waals surface area contributed by atoms with E-state index in [1.54, 1.807) is 0 Å². The van der Waals surface area contributed by atoms with Gasteiger partial charge in [-0.3, -0.25) is 4.79 Å². The van der Waals surface area contributed by atoms with E-state index in [4.69, 9.17) is 0 Å². The highest BCUT2D eigenvalue weighted by Gasteiger charge is 2.27. The standard InChI is InChI=1S/C18H21N3O/c1-20(18(22)15-8-3-2-4-9-15)16-10-7-13-21(14-16)17-11-5-6-12-19-17/h2-6,8-9,11-12,16H,7,10,13-14H2,1H3. The predicted octanol–water partition coefficient (Wildman–Crippen LogP) is 2.82. The van der Waals surface area contributed by atoms with E-state index < -0.39 is 0 Å². The van der Waals surface area contributed by atoms with Crippen LogP contribution in [0.3, 0.4) is 0 Å². The molecule has 4 nitrogen and oxygen atoms in total. The van der Waals surface area contributed by atoms with Crippen molar-refractivity contribution >= 4 is 11.7 Å². The molecule has 1 aromatic heterocycles. The van der Waals surface area contributed by atoms with Crippen LogP contribution < -0.4 is 4.90 Å². The fourth-order valence-corrected chi connectivity index (χ4v) is 2.97. The van der Waals surface area contributed by atoms with Gasteiger partial charge >= 0.3 is 0 Å². The molecule has 0 bridgehead atoms. The van der Waals surface area contributed by atoms with E-state index in [1.807, 2.05) is 66.7 Å². The first-order chi connectivity index (χ1) is 10.8. The summed E-state index contributed by atoms with van der Waals surface area (Å²) in [4.78, 5) is 21.1. The van der Waals surface area contributed by atoms with Gasteiger partial charge in [-0.1, -0.05) is 24.3 Å². The minimum Gasteiger partial charge on any atom is -0.355 e. The Morgan fingerprint density at radius 1 is 1.18 bits per heavy atom. The van der Waals surface area contributed by atoms with Crippen molar-refractivity contribution in [2.24, 2.45) is 0 Å². The quantitative estimate of drug-likeness (QED) is 0.873. The molecule has 1 saturated heterocycles. The van der Waals surface area contributed by atoms with Gasteiger partial charge < -0.3 is 9.80 Å². The number of amides is 1. The monoisotopic (exact) mass is 295 g/mol. The Labute approximate surface area is 131 Å². The number of pyridine rings is 1. The number of likely N-dealkylation sites (N-methyl/N-ethyl adjacent to an activating group) is 1. The zero-order chi connectivity index (χ0) is 15.4. The van der Waals surface area contributed by atoms with Crippen LogP contribution in [-0.2, 0) is 0 Å². The molecule has 0 spiro atoms. The van der Waals surface area contributed by atoms with Crippen LogP contribution in [0.25, 0.3) is 0 Å². The topological polar surface area (TPSA) is 36.4 Å². The van der Waals surface area contributed by atoms with E-state index in [0.717, 1.165) is 37.3 Å². The molecule has 0 N–H and O–H groups in total. The van der Waals surface area contributed by atoms with Crippen LogP contribution in [0.4, 0.5) is 5.82 Å². The van der Waals surface area contributed by atoms with Gasteiger partial charge in [0.25, 0.3) is 5.91 Å². The minimum atomic E-state index is 0.0912. The molecule has 1 aliphatic rings. The third-order valence-corrected chi connectivity index (χ3v) is 4.26. The van der Waals surface area contributed by atoms with E-state index in [2.05, 4.69) is 9.88 Å². The molecular formula is C18H21N3O. The summed E-state index contributed by atoms with van der Waals surface area (Å²) in [5, 5.41) is 0. The van der Waals surface area contributed by atoms with E-state index in [-0.39, 0.29) is 11.9 Å². The lowest BCUT2D eigenvalue weighted by Crippen LogP contribution is -2.48. The Bertz CT molecular complexity index is 615. The highest BCUT2D eigenvalue weighted by atomic mass is 16.2. The van der Waals surface area contributed by atoms with Gasteiger partial charge in [-0.15, -0.1) is 0 Å². The summed E-state index contributed by atoms with van der Waals surface area (Å²) >= 11 is 0. The molecule has 1 aromatic carbocycles. The maximum absolute atomic E-state index is 12.6. The maximum atomic E-state index is 12.6. The molecule has 2 aromatic rings. The zero-order valence-corrected chi connectivity index (χ0v) is 12.9. The van der Waals surface area contributed by atoms with Gasteiger partial charge in [0.1, 0.15) is 5.82 Å². The lowest BCUT2D eigenvalue weighted by Gasteiger charge is -2.38. The first-order valence-corrected chi connectivity index (χ1v) is 7.74. The first kappa shape index (κ1) is 14.6. The van der Waals surface area contributed by atoms with Gasteiger partial charge in [-0.25, -0.2) is 4.98 Å². The van der Waals surface area contributed by atoms with Crippen LogP contribution >= 0.6 is 0 Å². The Balaban J connectivity index is 1.70. The number of rotatable bonds is 3. The fourth-order valence-electron chi connectivity index (χ4n) is 2.97. The summed E-state index contributed by atoms with van der Waals surface area (Å²) in [5.74, 6) is 1.08. The van der Waals surface area contributed by atoms with Crippen molar-refractivity contribution < 1.29 is 4.79 Å². The van der Waals surface area contributed by atoms with Gasteiger partial charge in [-0.2, -0.15) is 0 Å². The van der Waals surface area contributed by atoms with Crippen molar-refractivity contribution in [2.75, 3.05) is 25.0 Å². The fraction of sp³-hybridized carbons (Fsp3) is 0.333. The number of nitrogens with zero attached hydrogens (tertiary/aromatic N) is 3. The number of benzene rings is 1. The molecular weight excluding hydrogens is 274 g/mol. The normalized spacial score (nSPS) is 18.0. The lowest BCUT2D eigenvalue weighted by molar-refractivity contribution is 0.0717. The second kappa shape index (κ2) is 6.60. The third-order valence-electron chi connectivity index (χ3n) is 4.26. The predicted molar refractivity (Wildman–Crippen MR) is 88.0 cm³/mol. The number of hydrogen-bond acceptors (Lipinski definition) is 3. The third kappa shape index (κ3) is 3.11. The summed E-state index contributed by atoms with van der Waals surface area (Å²) in [6, 6.07) is 15.7. The summed E-state index contributed by atoms with van der Waals surface area (Å²) in [5.41, 5.74) is 0.750. The number of carbonyl (C=O) groups excluding carboxylic acids is 1. The van der Waals surface area contributed by atoms with E-state index in [0.29, 0.717) is 0 Å². The Kier molecular flexibility index (Phi) is 4.37. The molecule has 1 atom stereocenters. The Hall–Kier alpha value is -2.36. The number of anilines is 1. The molecule has 3 rings (SSSR count). The second-order valence-corrected chi connectivity index (χ2v) is 5.71. The SMILES string of the molecule is CN(C(=O)c1ccccc1)C1CCCN(c2ccccn2)C1. The summed E-state index contributed by atoms with van der Waals surface area (Å²) in [7, 11) is 1.90. The molecule has 114 valence electrons. The molecule has 0 saturated carbocycles. The highest BCUT2D eigenvalue weighted by molar-refractivity contribution is 5.94. The lowest BCUT2D eigenvalue weighted by atomic mass is 10.0. The zero-order valence-electron chi connectivity index (χ0n) is 12.9. The molecule has 1 aliphatic heterocycles. The van der Waals surface area contributed by atoms with Gasteiger partial charge in [0.15, 0.2) is 0 Å². The Morgan fingerprint density at radius 3 is 2.68 bits per heavy atom. The molecule has 2 heterocycles. The number of piperidine rings is 1. The van der Waals surface area contributed by atoms with Crippen LogP contribution in [0.2, 0.25) is 0 Å². The smallest absolute Gasteiger partial charge is 0.253 e. The van der Waals surface area contributed by atoms with E-state index in [1.165, 1.54) is 0 Å². The molecule has 1 fully saturated rings. The molecule has 0 aliphatic carbocycles. The highest BCUT2D eigenvalue weighted by Crippen LogP contribution is 2.21. The molecule has 1 unspecified atom stereocenters. The van der Waals surface area contributed by atoms with Gasteiger partial charge in [0.05, 0.1) is 0 Å². The van der Waals surface area contributed by atoms with Gasteiger partial charge in [-0.05, 0) is 37.1 Å². The summed E-state index contributed by atoms with van der Waals surface area (Å²) in [6.45, 7) is 1.84. The van der Waals surface area contributed by atoms with Crippen LogP contribution in [0.15, 0.2) is 54.7 Å². The van der Waals surface area contributed by atoms with Crippen LogP contribution in [-0.4, -0.2) is 42.0 Å². The van der Waals surface area contributed by atoms with Gasteiger partial charge in [0.2, 0.25) is 0 Å². The minimum absolute atomic E-state index is 0.0912. The molecule has 0 radical (unpaired) electrons. The number of hydrogen-bond donors (Lipinski definition) is 0. The maximum Gasteiger partial charge on any atom is 0.253 e. The van der Waals surface area contributed by atoms with Crippen molar-refractivity contribution in [1.82, 2.24) is 9.88 Å². The van der Waals surface area contributed by atoms with Crippen LogP contribution in [0.5, 0.6) is 0 Å². The second-order valence-electron chi connectivity index (χ2n) is 5.71. The average Bonchev–Trinajstić information content (AvgIpc) is 2.62. The number of aromatic nitrogens is 1. The molecule has 22 heavy (non-hydrogen) atoms. The largest absolute Gasteiger partial charge is 0.355 e. The Morgan fingerprint density at radius 2 is 1.95 bits per heavy atom. The average molecular weight is 295 g/mol. The molecule has 1 amide bonds. The van der Waals surface area contributed by atoms with Crippen molar-refractivity contribution in [3.63, 3.8) is 0 Å². The van der Waals surface area contributed by atoms with Crippen molar-refractivity contribution in [1.29, 1.82) is 0 Å². The number of carbonyl (C=O) groups is 1. The summed E-state index contributed by atoms with van der Waals surface area (Å²) < 4.78 is 0. The van der Waals surface area contributed by atoms with E-state index in [9.17, 15) is 4.79 Å². The first-order valence-electron chi connectivity index (χ1n) is 7.74. The molecule has 4 heteroatoms. The van der Waals surface area contributed by atoms with Crippen molar-refractivity contribution in [2.45, 2.75) is 18.9 Å². The van der Waals surface area contributed by atoms with Gasteiger partial charge in [0, 0.05) is 37.9 Å². The van der Waals surface area contributed by atoms with Crippen LogP contribution in [0, 0.1) is 0 Å². The van der Waals surface area contributed by atoms with Crippen molar-refractivity contribution in [3.8, 4) is 0 Å². The van der Waals surface area contributed by atoms with E-state index >= 15 is 0 Å². The van der Waals surface area contributed by atoms with Crippen LogP contribution in [0.1, 0.15) is 23.2 Å². The summed E-state index contributed by atoms with van der Waals surface area (Å²) in [6.07, 6.45) is 3.93. The van der Waals surface area contributed by atoms with Crippen molar-refractivity contribution in [3.05, 3.63) is 60.3 Å².